The summed E-state index contributed by atoms with van der Waals surface area (Å²) in [6, 6.07) is 0. The zero-order chi connectivity index (χ0) is 9.61. The normalized spacial score (nSPS) is 11.3. The lowest BCUT2D eigenvalue weighted by Crippen LogP contribution is -2.30. The summed E-state index contributed by atoms with van der Waals surface area (Å²) in [5, 5.41) is 0. The second-order valence-electron chi connectivity index (χ2n) is 3.19. The van der Waals surface area contributed by atoms with Crippen molar-refractivity contribution in [2.24, 2.45) is 11.1 Å². The molecule has 0 aliphatic rings. The fraction of sp³-hybridized carbons (Fsp3) is 0.889. The standard InChI is InChI=1S/C9H19NO2/c1-4-9(3,5-2)8(11)12-7-6-10/h4-7,10H2,1-3H3. The maximum absolute atomic E-state index is 11.4. The molecule has 0 heterocycles. The van der Waals surface area contributed by atoms with E-state index in [1.165, 1.54) is 0 Å². The Bertz CT molecular complexity index is 141. The highest BCUT2D eigenvalue weighted by molar-refractivity contribution is 5.76. The molecule has 0 amide bonds. The van der Waals surface area contributed by atoms with E-state index in [9.17, 15) is 4.79 Å². The third-order valence-electron chi connectivity index (χ3n) is 2.40. The maximum Gasteiger partial charge on any atom is 0.311 e. The van der Waals surface area contributed by atoms with Crippen LogP contribution in [0.5, 0.6) is 0 Å². The summed E-state index contributed by atoms with van der Waals surface area (Å²) in [7, 11) is 0. The Morgan fingerprint density at radius 1 is 1.42 bits per heavy atom. The third-order valence-corrected chi connectivity index (χ3v) is 2.40. The van der Waals surface area contributed by atoms with Crippen LogP contribution < -0.4 is 5.73 Å². The Balaban J connectivity index is 4.03. The Kier molecular flexibility index (Phi) is 4.90. The molecule has 0 aromatic carbocycles. The van der Waals surface area contributed by atoms with E-state index in [1.807, 2.05) is 20.8 Å². The van der Waals surface area contributed by atoms with Crippen LogP contribution in [-0.4, -0.2) is 19.1 Å². The lowest BCUT2D eigenvalue weighted by molar-refractivity contribution is -0.155. The van der Waals surface area contributed by atoms with Gasteiger partial charge in [0.25, 0.3) is 0 Å². The topological polar surface area (TPSA) is 52.3 Å². The van der Waals surface area contributed by atoms with Gasteiger partial charge in [-0.1, -0.05) is 13.8 Å². The van der Waals surface area contributed by atoms with Crippen LogP contribution >= 0.6 is 0 Å². The number of esters is 1. The minimum Gasteiger partial charge on any atom is -0.464 e. The van der Waals surface area contributed by atoms with Gasteiger partial charge in [-0.05, 0) is 19.8 Å². The van der Waals surface area contributed by atoms with Gasteiger partial charge in [-0.2, -0.15) is 0 Å². The SMILES string of the molecule is CCC(C)(CC)C(=O)OCCN. The molecular weight excluding hydrogens is 154 g/mol. The van der Waals surface area contributed by atoms with Crippen molar-refractivity contribution in [2.75, 3.05) is 13.2 Å². The molecule has 3 nitrogen and oxygen atoms in total. The van der Waals surface area contributed by atoms with Crippen molar-refractivity contribution in [2.45, 2.75) is 33.6 Å². The Morgan fingerprint density at radius 3 is 2.25 bits per heavy atom. The van der Waals surface area contributed by atoms with E-state index in [0.29, 0.717) is 13.2 Å². The molecule has 0 atom stereocenters. The van der Waals surface area contributed by atoms with E-state index < -0.39 is 0 Å². The van der Waals surface area contributed by atoms with Crippen molar-refractivity contribution in [3.8, 4) is 0 Å². The number of rotatable bonds is 5. The van der Waals surface area contributed by atoms with Crippen LogP contribution in [0.2, 0.25) is 0 Å². The second-order valence-corrected chi connectivity index (χ2v) is 3.19. The van der Waals surface area contributed by atoms with E-state index in [1.54, 1.807) is 0 Å². The van der Waals surface area contributed by atoms with Crippen LogP contribution in [0.25, 0.3) is 0 Å². The molecule has 0 aromatic rings. The first-order valence-corrected chi connectivity index (χ1v) is 4.48. The lowest BCUT2D eigenvalue weighted by atomic mass is 9.85. The van der Waals surface area contributed by atoms with Gasteiger partial charge in [0.05, 0.1) is 5.41 Å². The van der Waals surface area contributed by atoms with Crippen molar-refractivity contribution in [1.29, 1.82) is 0 Å². The Morgan fingerprint density at radius 2 is 1.92 bits per heavy atom. The molecular formula is C9H19NO2. The minimum absolute atomic E-state index is 0.127. The molecule has 0 aliphatic heterocycles. The summed E-state index contributed by atoms with van der Waals surface area (Å²) in [6.45, 7) is 6.63. The fourth-order valence-electron chi connectivity index (χ4n) is 0.865. The van der Waals surface area contributed by atoms with Crippen molar-refractivity contribution in [1.82, 2.24) is 0 Å². The number of carbonyl (C=O) groups is 1. The third kappa shape index (κ3) is 2.81. The Hall–Kier alpha value is -0.570. The molecule has 0 saturated carbocycles. The van der Waals surface area contributed by atoms with Gasteiger partial charge >= 0.3 is 5.97 Å². The van der Waals surface area contributed by atoms with Crippen molar-refractivity contribution < 1.29 is 9.53 Å². The van der Waals surface area contributed by atoms with Gasteiger partial charge < -0.3 is 10.5 Å². The molecule has 0 bridgehead atoms. The highest BCUT2D eigenvalue weighted by atomic mass is 16.5. The summed E-state index contributed by atoms with van der Waals surface area (Å²) in [4.78, 5) is 11.4. The molecule has 12 heavy (non-hydrogen) atoms. The summed E-state index contributed by atoms with van der Waals surface area (Å²) < 4.78 is 4.97. The van der Waals surface area contributed by atoms with Crippen LogP contribution in [0, 0.1) is 5.41 Å². The molecule has 0 saturated heterocycles. The molecule has 0 radical (unpaired) electrons. The van der Waals surface area contributed by atoms with Crippen molar-refractivity contribution in [3.63, 3.8) is 0 Å². The zero-order valence-electron chi connectivity index (χ0n) is 8.22. The smallest absolute Gasteiger partial charge is 0.311 e. The molecule has 0 rings (SSSR count). The lowest BCUT2D eigenvalue weighted by Gasteiger charge is -2.23. The summed E-state index contributed by atoms with van der Waals surface area (Å²) in [6.07, 6.45) is 1.62. The van der Waals surface area contributed by atoms with Crippen LogP contribution in [0.3, 0.4) is 0 Å². The van der Waals surface area contributed by atoms with E-state index in [0.717, 1.165) is 12.8 Å². The van der Waals surface area contributed by atoms with Gasteiger partial charge in [-0.25, -0.2) is 0 Å². The quantitative estimate of drug-likeness (QED) is 0.638. The van der Waals surface area contributed by atoms with Gasteiger partial charge in [0.15, 0.2) is 0 Å². The molecule has 0 aliphatic carbocycles. The summed E-state index contributed by atoms with van der Waals surface area (Å²) in [5.74, 6) is -0.127. The molecule has 0 spiro atoms. The van der Waals surface area contributed by atoms with Gasteiger partial charge in [0.1, 0.15) is 6.61 Å². The van der Waals surface area contributed by atoms with Crippen molar-refractivity contribution >= 4 is 5.97 Å². The monoisotopic (exact) mass is 173 g/mol. The molecule has 0 unspecified atom stereocenters. The van der Waals surface area contributed by atoms with Crippen LogP contribution in [0.15, 0.2) is 0 Å². The van der Waals surface area contributed by atoms with Gasteiger partial charge in [0, 0.05) is 6.54 Å². The largest absolute Gasteiger partial charge is 0.464 e. The van der Waals surface area contributed by atoms with E-state index in [4.69, 9.17) is 10.5 Å². The molecule has 0 aromatic heterocycles. The first-order valence-electron chi connectivity index (χ1n) is 4.48. The first-order chi connectivity index (χ1) is 5.60. The number of hydrogen-bond donors (Lipinski definition) is 1. The summed E-state index contributed by atoms with van der Waals surface area (Å²) >= 11 is 0. The maximum atomic E-state index is 11.4. The molecule has 72 valence electrons. The van der Waals surface area contributed by atoms with Crippen molar-refractivity contribution in [3.05, 3.63) is 0 Å². The van der Waals surface area contributed by atoms with Crippen LogP contribution in [0.1, 0.15) is 33.6 Å². The highest BCUT2D eigenvalue weighted by Crippen LogP contribution is 2.26. The molecule has 3 heteroatoms. The Labute approximate surface area is 74.3 Å². The minimum atomic E-state index is -0.324. The van der Waals surface area contributed by atoms with E-state index in [2.05, 4.69) is 0 Å². The zero-order valence-corrected chi connectivity index (χ0v) is 8.22. The first kappa shape index (κ1) is 11.4. The number of nitrogens with two attached hydrogens (primary N) is 1. The van der Waals surface area contributed by atoms with Crippen LogP contribution in [0.4, 0.5) is 0 Å². The second kappa shape index (κ2) is 5.14. The average Bonchev–Trinajstić information content (AvgIpc) is 2.12. The van der Waals surface area contributed by atoms with Gasteiger partial charge in [-0.15, -0.1) is 0 Å². The van der Waals surface area contributed by atoms with Gasteiger partial charge in [-0.3, -0.25) is 4.79 Å². The number of hydrogen-bond acceptors (Lipinski definition) is 3. The molecule has 2 N–H and O–H groups in total. The molecule has 0 fully saturated rings. The predicted octanol–water partition coefficient (Wildman–Crippen LogP) is 1.31. The average molecular weight is 173 g/mol. The number of ether oxygens (including phenoxy) is 1. The van der Waals surface area contributed by atoms with E-state index in [-0.39, 0.29) is 11.4 Å². The fourth-order valence-corrected chi connectivity index (χ4v) is 0.865. The number of carbonyl (C=O) groups excluding carboxylic acids is 1. The highest BCUT2D eigenvalue weighted by Gasteiger charge is 2.30. The predicted molar refractivity (Wildman–Crippen MR) is 48.7 cm³/mol. The van der Waals surface area contributed by atoms with E-state index >= 15 is 0 Å². The summed E-state index contributed by atoms with van der Waals surface area (Å²) in [5.41, 5.74) is 4.90. The van der Waals surface area contributed by atoms with Crippen LogP contribution in [-0.2, 0) is 9.53 Å². The van der Waals surface area contributed by atoms with Gasteiger partial charge in [0.2, 0.25) is 0 Å².